The molecule has 2 aliphatic heterocycles. The molecule has 2 aliphatic rings. The van der Waals surface area contributed by atoms with Crippen molar-refractivity contribution < 1.29 is 18.7 Å². The lowest BCUT2D eigenvalue weighted by molar-refractivity contribution is -0.126. The first-order valence-corrected chi connectivity index (χ1v) is 11.5. The molecular formula is C25H23ClF2N4O2. The van der Waals surface area contributed by atoms with Gasteiger partial charge in [-0.15, -0.1) is 0 Å². The number of hydrogen-bond acceptors (Lipinski definition) is 5. The van der Waals surface area contributed by atoms with Crippen LogP contribution in [-0.4, -0.2) is 53.6 Å². The van der Waals surface area contributed by atoms with Crippen molar-refractivity contribution in [2.75, 3.05) is 42.9 Å². The van der Waals surface area contributed by atoms with E-state index in [0.29, 0.717) is 38.0 Å². The fraction of sp³-hybridized carbons (Fsp3) is 0.280. The largest absolute Gasteiger partial charge is 0.507 e. The lowest BCUT2D eigenvalue weighted by Crippen LogP contribution is -2.48. The first-order chi connectivity index (χ1) is 16.4. The number of anilines is 2. The van der Waals surface area contributed by atoms with E-state index in [-0.39, 0.29) is 27.6 Å². The van der Waals surface area contributed by atoms with E-state index >= 15 is 4.39 Å². The summed E-state index contributed by atoms with van der Waals surface area (Å²) in [5.41, 5.74) is 1.90. The number of aromatic nitrogens is 1. The van der Waals surface area contributed by atoms with E-state index in [1.54, 1.807) is 11.0 Å². The van der Waals surface area contributed by atoms with Crippen LogP contribution in [-0.2, 0) is 11.2 Å². The van der Waals surface area contributed by atoms with E-state index in [4.69, 9.17) is 11.6 Å². The Labute approximate surface area is 200 Å². The van der Waals surface area contributed by atoms with Gasteiger partial charge in [0.05, 0.1) is 27.7 Å². The van der Waals surface area contributed by atoms with Crippen molar-refractivity contribution in [1.82, 2.24) is 9.88 Å². The molecule has 0 spiro atoms. The number of carbonyl (C=O) groups excluding carboxylic acids is 1. The first kappa shape index (κ1) is 22.4. The predicted molar refractivity (Wildman–Crippen MR) is 130 cm³/mol. The van der Waals surface area contributed by atoms with E-state index in [2.05, 4.69) is 21.8 Å². The molecule has 0 atom stereocenters. The van der Waals surface area contributed by atoms with Crippen molar-refractivity contribution in [3.8, 4) is 16.9 Å². The third-order valence-corrected chi connectivity index (χ3v) is 6.73. The molecule has 2 aromatic carbocycles. The Hall–Kier alpha value is -3.39. The molecule has 0 bridgehead atoms. The topological polar surface area (TPSA) is 68.7 Å². The Morgan fingerprint density at radius 2 is 1.97 bits per heavy atom. The van der Waals surface area contributed by atoms with E-state index in [0.717, 1.165) is 36.1 Å². The number of aromatic hydroxyl groups is 1. The normalized spacial score (nSPS) is 15.7. The minimum atomic E-state index is -0.780. The number of benzene rings is 2. The number of pyridine rings is 1. The lowest BCUT2D eigenvalue weighted by atomic mass is 9.97. The molecule has 0 radical (unpaired) electrons. The van der Waals surface area contributed by atoms with Crippen LogP contribution in [0.4, 0.5) is 20.2 Å². The van der Waals surface area contributed by atoms with Gasteiger partial charge in [-0.25, -0.2) is 13.8 Å². The molecule has 0 unspecified atom stereocenters. The fourth-order valence-corrected chi connectivity index (χ4v) is 5.08. The number of nitrogens with one attached hydrogen (secondary N) is 1. The minimum absolute atomic E-state index is 0.0234. The number of aryl methyl sites for hydroxylation is 1. The Bertz CT molecular complexity index is 1300. The molecule has 1 fully saturated rings. The van der Waals surface area contributed by atoms with E-state index in [1.807, 2.05) is 0 Å². The maximum atomic E-state index is 16.0. The average Bonchev–Trinajstić information content (AvgIpc) is 2.84. The van der Waals surface area contributed by atoms with Gasteiger partial charge in [0.1, 0.15) is 17.1 Å². The number of rotatable bonds is 3. The first-order valence-electron chi connectivity index (χ1n) is 11.1. The van der Waals surface area contributed by atoms with E-state index < -0.39 is 17.4 Å². The number of phenolic OH excluding ortho intramolecular Hbond substituents is 1. The number of carbonyl (C=O) groups is 1. The van der Waals surface area contributed by atoms with Gasteiger partial charge in [-0.2, -0.15) is 0 Å². The molecule has 176 valence electrons. The van der Waals surface area contributed by atoms with Crippen molar-refractivity contribution >= 4 is 39.8 Å². The molecule has 3 heterocycles. The van der Waals surface area contributed by atoms with Crippen LogP contribution in [0.3, 0.4) is 0 Å². The molecule has 0 saturated carbocycles. The molecule has 5 rings (SSSR count). The highest BCUT2D eigenvalue weighted by Crippen LogP contribution is 2.45. The summed E-state index contributed by atoms with van der Waals surface area (Å²) in [6.45, 7) is 6.40. The summed E-state index contributed by atoms with van der Waals surface area (Å²) >= 11 is 6.52. The summed E-state index contributed by atoms with van der Waals surface area (Å²) in [6.07, 6.45) is 2.82. The zero-order valence-electron chi connectivity index (χ0n) is 18.4. The summed E-state index contributed by atoms with van der Waals surface area (Å²) in [4.78, 5) is 20.5. The van der Waals surface area contributed by atoms with Crippen molar-refractivity contribution in [2.45, 2.75) is 12.8 Å². The lowest BCUT2D eigenvalue weighted by Gasteiger charge is -2.38. The third-order valence-electron chi connectivity index (χ3n) is 6.44. The van der Waals surface area contributed by atoms with Crippen LogP contribution in [0.15, 0.2) is 36.9 Å². The second kappa shape index (κ2) is 8.76. The van der Waals surface area contributed by atoms with Crippen molar-refractivity contribution in [2.24, 2.45) is 0 Å². The standard InChI is InChI=1S/C25H23ClF2N4O2/c1-2-19(34)31-9-11-32(12-10-31)25-14-13-15(26)20(21-16(27)5-3-7-18(21)33)22(28)23(14)30-17-6-4-8-29-24(17)25/h2-3,5,7,13,29,33H,1,4,6,8-12H2. The van der Waals surface area contributed by atoms with Crippen LogP contribution in [0.2, 0.25) is 5.02 Å². The van der Waals surface area contributed by atoms with Gasteiger partial charge in [0, 0.05) is 43.7 Å². The number of piperazine rings is 1. The van der Waals surface area contributed by atoms with E-state index in [1.165, 1.54) is 18.2 Å². The maximum Gasteiger partial charge on any atom is 0.246 e. The number of fused-ring (bicyclic) bond motifs is 2. The Kier molecular flexibility index (Phi) is 5.77. The summed E-state index contributed by atoms with van der Waals surface area (Å²) in [6, 6.07) is 5.37. The van der Waals surface area contributed by atoms with Crippen LogP contribution in [0.25, 0.3) is 22.0 Å². The number of amides is 1. The van der Waals surface area contributed by atoms with Crippen molar-refractivity contribution in [3.63, 3.8) is 0 Å². The Balaban J connectivity index is 1.70. The third kappa shape index (κ3) is 3.62. The van der Waals surface area contributed by atoms with Crippen molar-refractivity contribution in [3.05, 3.63) is 59.3 Å². The highest BCUT2D eigenvalue weighted by Gasteiger charge is 2.29. The zero-order chi connectivity index (χ0) is 24.0. The van der Waals surface area contributed by atoms with Crippen LogP contribution in [0.1, 0.15) is 12.1 Å². The summed E-state index contributed by atoms with van der Waals surface area (Å²) in [7, 11) is 0. The molecular weight excluding hydrogens is 462 g/mol. The maximum absolute atomic E-state index is 16.0. The van der Waals surface area contributed by atoms with E-state index in [9.17, 15) is 14.3 Å². The van der Waals surface area contributed by atoms with Crippen LogP contribution in [0.5, 0.6) is 5.75 Å². The Morgan fingerprint density at radius 1 is 1.21 bits per heavy atom. The number of nitrogens with zero attached hydrogens (tertiary/aromatic N) is 3. The van der Waals surface area contributed by atoms with Gasteiger partial charge < -0.3 is 20.2 Å². The quantitative estimate of drug-likeness (QED) is 0.526. The van der Waals surface area contributed by atoms with Gasteiger partial charge in [-0.3, -0.25) is 4.79 Å². The van der Waals surface area contributed by atoms with Gasteiger partial charge in [0.2, 0.25) is 5.91 Å². The molecule has 9 heteroatoms. The van der Waals surface area contributed by atoms with Gasteiger partial charge in [0.25, 0.3) is 0 Å². The van der Waals surface area contributed by atoms with Gasteiger partial charge >= 0.3 is 0 Å². The number of phenols is 1. The highest BCUT2D eigenvalue weighted by molar-refractivity contribution is 6.34. The summed E-state index contributed by atoms with van der Waals surface area (Å²) < 4.78 is 30.6. The Morgan fingerprint density at radius 3 is 2.68 bits per heavy atom. The SMILES string of the molecule is C=CC(=O)N1CCN(c2c3c(nc4c(F)c(-c5c(O)cccc5F)c(Cl)cc24)CCCN3)CC1. The van der Waals surface area contributed by atoms with Crippen molar-refractivity contribution in [1.29, 1.82) is 0 Å². The molecule has 1 amide bonds. The van der Waals surface area contributed by atoms with Crippen LogP contribution < -0.4 is 10.2 Å². The van der Waals surface area contributed by atoms with Gasteiger partial charge in [-0.1, -0.05) is 24.2 Å². The monoisotopic (exact) mass is 484 g/mol. The molecule has 2 N–H and O–H groups in total. The van der Waals surface area contributed by atoms with Crippen LogP contribution >= 0.6 is 11.6 Å². The summed E-state index contributed by atoms with van der Waals surface area (Å²) in [5, 5.41) is 14.1. The molecule has 6 nitrogen and oxygen atoms in total. The van der Waals surface area contributed by atoms with Gasteiger partial charge in [0.15, 0.2) is 5.82 Å². The predicted octanol–water partition coefficient (Wildman–Crippen LogP) is 4.73. The molecule has 1 aromatic heterocycles. The minimum Gasteiger partial charge on any atom is -0.507 e. The summed E-state index contributed by atoms with van der Waals surface area (Å²) in [5.74, 6) is -2.08. The van der Waals surface area contributed by atoms with Gasteiger partial charge in [-0.05, 0) is 37.1 Å². The van der Waals surface area contributed by atoms with Crippen LogP contribution in [0, 0.1) is 11.6 Å². The number of hydrogen-bond donors (Lipinski definition) is 2. The second-order valence-electron chi connectivity index (χ2n) is 8.41. The number of halogens is 3. The molecule has 0 aliphatic carbocycles. The molecule has 3 aromatic rings. The highest BCUT2D eigenvalue weighted by atomic mass is 35.5. The smallest absolute Gasteiger partial charge is 0.246 e. The second-order valence-corrected chi connectivity index (χ2v) is 8.81. The molecule has 1 saturated heterocycles. The fourth-order valence-electron chi connectivity index (χ4n) is 4.79. The molecule has 34 heavy (non-hydrogen) atoms. The average molecular weight is 485 g/mol. The zero-order valence-corrected chi connectivity index (χ0v) is 19.1.